The number of rotatable bonds is 5. The highest BCUT2D eigenvalue weighted by Crippen LogP contribution is 2.24. The van der Waals surface area contributed by atoms with Crippen LogP contribution in [0.5, 0.6) is 0 Å². The average Bonchev–Trinajstić information content (AvgIpc) is 2.80. The lowest BCUT2D eigenvalue weighted by atomic mass is 10.1. The van der Waals surface area contributed by atoms with E-state index in [2.05, 4.69) is 46.9 Å². The number of hydrogen-bond donors (Lipinski definition) is 1. The van der Waals surface area contributed by atoms with Crippen molar-refractivity contribution in [2.45, 2.75) is 26.3 Å². The Morgan fingerprint density at radius 3 is 2.65 bits per heavy atom. The Morgan fingerprint density at radius 2 is 2.00 bits per heavy atom. The van der Waals surface area contributed by atoms with E-state index < -0.39 is 0 Å². The fraction of sp³-hybridized carbons (Fsp3) is 0.357. The zero-order valence-corrected chi connectivity index (χ0v) is 11.2. The van der Waals surface area contributed by atoms with Gasteiger partial charge >= 0.3 is 0 Å². The summed E-state index contributed by atoms with van der Waals surface area (Å²) >= 11 is 1.71. The molecule has 3 heteroatoms. The molecule has 0 saturated carbocycles. The summed E-state index contributed by atoms with van der Waals surface area (Å²) in [5.74, 6) is 0. The first-order valence-electron chi connectivity index (χ1n) is 6.01. The molecule has 17 heavy (non-hydrogen) atoms. The highest BCUT2D eigenvalue weighted by Gasteiger charge is 2.03. The van der Waals surface area contributed by atoms with E-state index in [1.807, 2.05) is 7.05 Å². The molecule has 0 spiro atoms. The fourth-order valence-corrected chi connectivity index (χ4v) is 2.63. The van der Waals surface area contributed by atoms with Gasteiger partial charge in [0.05, 0.1) is 5.69 Å². The third-order valence-electron chi connectivity index (χ3n) is 2.65. The van der Waals surface area contributed by atoms with Crippen LogP contribution in [0.2, 0.25) is 0 Å². The normalized spacial score (nSPS) is 10.7. The van der Waals surface area contributed by atoms with Crippen LogP contribution in [0.1, 0.15) is 24.6 Å². The first kappa shape index (κ1) is 12.3. The smallest absolute Gasteiger partial charge is 0.123 e. The van der Waals surface area contributed by atoms with Gasteiger partial charge in [0, 0.05) is 17.5 Å². The van der Waals surface area contributed by atoms with Crippen LogP contribution in [0.15, 0.2) is 29.6 Å². The maximum Gasteiger partial charge on any atom is 0.123 e. The second kappa shape index (κ2) is 5.94. The molecule has 0 atom stereocenters. The van der Waals surface area contributed by atoms with E-state index in [0.717, 1.165) is 23.7 Å². The molecule has 2 aromatic rings. The number of nitrogens with zero attached hydrogens (tertiary/aromatic N) is 1. The van der Waals surface area contributed by atoms with E-state index in [0.29, 0.717) is 0 Å². The Hall–Kier alpha value is -1.19. The summed E-state index contributed by atoms with van der Waals surface area (Å²) in [5, 5.41) is 6.35. The Balaban J connectivity index is 2.15. The highest BCUT2D eigenvalue weighted by molar-refractivity contribution is 7.13. The maximum atomic E-state index is 4.60. The summed E-state index contributed by atoms with van der Waals surface area (Å²) in [4.78, 5) is 4.60. The third-order valence-corrected chi connectivity index (χ3v) is 3.59. The van der Waals surface area contributed by atoms with Gasteiger partial charge in [0.2, 0.25) is 0 Å². The van der Waals surface area contributed by atoms with Gasteiger partial charge in [-0.3, -0.25) is 0 Å². The van der Waals surface area contributed by atoms with E-state index >= 15 is 0 Å². The average molecular weight is 246 g/mol. The Labute approximate surface area is 107 Å². The molecule has 0 saturated heterocycles. The van der Waals surface area contributed by atoms with Gasteiger partial charge in [0.25, 0.3) is 0 Å². The van der Waals surface area contributed by atoms with Crippen molar-refractivity contribution in [1.29, 1.82) is 0 Å². The van der Waals surface area contributed by atoms with Gasteiger partial charge in [-0.15, -0.1) is 11.3 Å². The van der Waals surface area contributed by atoms with Gasteiger partial charge in [-0.1, -0.05) is 37.6 Å². The molecule has 0 aliphatic carbocycles. The van der Waals surface area contributed by atoms with Crippen LogP contribution in [0.25, 0.3) is 10.6 Å². The van der Waals surface area contributed by atoms with Crippen LogP contribution in [-0.2, 0) is 13.0 Å². The minimum absolute atomic E-state index is 0.838. The number of aromatic nitrogens is 1. The molecular formula is C14H18N2S. The number of hydrogen-bond acceptors (Lipinski definition) is 3. The number of benzene rings is 1. The van der Waals surface area contributed by atoms with Crippen molar-refractivity contribution in [2.75, 3.05) is 7.05 Å². The monoisotopic (exact) mass is 246 g/mol. The van der Waals surface area contributed by atoms with Crippen LogP contribution in [0.4, 0.5) is 0 Å². The molecule has 0 amide bonds. The summed E-state index contributed by atoms with van der Waals surface area (Å²) in [6, 6.07) is 8.76. The predicted octanol–water partition coefficient (Wildman–Crippen LogP) is 3.48. The van der Waals surface area contributed by atoms with E-state index in [9.17, 15) is 0 Å². The van der Waals surface area contributed by atoms with Crippen molar-refractivity contribution < 1.29 is 0 Å². The van der Waals surface area contributed by atoms with Crippen LogP contribution in [-0.4, -0.2) is 12.0 Å². The van der Waals surface area contributed by atoms with Crippen LogP contribution in [0.3, 0.4) is 0 Å². The van der Waals surface area contributed by atoms with Gasteiger partial charge < -0.3 is 5.32 Å². The van der Waals surface area contributed by atoms with Gasteiger partial charge in [-0.25, -0.2) is 4.98 Å². The number of aryl methyl sites for hydroxylation is 1. The molecule has 0 aliphatic heterocycles. The van der Waals surface area contributed by atoms with Gasteiger partial charge in [-0.05, 0) is 19.0 Å². The second-order valence-electron chi connectivity index (χ2n) is 4.12. The van der Waals surface area contributed by atoms with Gasteiger partial charge in [0.15, 0.2) is 0 Å². The van der Waals surface area contributed by atoms with E-state index in [4.69, 9.17) is 0 Å². The van der Waals surface area contributed by atoms with Crippen LogP contribution in [0, 0.1) is 0 Å². The molecular weight excluding hydrogens is 228 g/mol. The second-order valence-corrected chi connectivity index (χ2v) is 4.98. The predicted molar refractivity (Wildman–Crippen MR) is 74.3 cm³/mol. The molecule has 1 heterocycles. The molecule has 0 bridgehead atoms. The minimum atomic E-state index is 0.838. The zero-order chi connectivity index (χ0) is 12.1. The quantitative estimate of drug-likeness (QED) is 0.873. The van der Waals surface area contributed by atoms with E-state index in [1.54, 1.807) is 11.3 Å². The Kier molecular flexibility index (Phi) is 4.29. The van der Waals surface area contributed by atoms with Crippen molar-refractivity contribution >= 4 is 11.3 Å². The highest BCUT2D eigenvalue weighted by atomic mass is 32.1. The van der Waals surface area contributed by atoms with Crippen molar-refractivity contribution in [3.63, 3.8) is 0 Å². The van der Waals surface area contributed by atoms with Gasteiger partial charge in [0.1, 0.15) is 5.01 Å². The molecule has 1 aromatic carbocycles. The van der Waals surface area contributed by atoms with Crippen molar-refractivity contribution in [1.82, 2.24) is 10.3 Å². The molecule has 2 rings (SSSR count). The largest absolute Gasteiger partial charge is 0.314 e. The lowest BCUT2D eigenvalue weighted by Gasteiger charge is -2.00. The Morgan fingerprint density at radius 1 is 1.24 bits per heavy atom. The molecule has 1 aromatic heterocycles. The fourth-order valence-electron chi connectivity index (χ4n) is 1.80. The topological polar surface area (TPSA) is 24.9 Å². The lowest BCUT2D eigenvalue weighted by molar-refractivity contribution is 0.798. The van der Waals surface area contributed by atoms with E-state index in [-0.39, 0.29) is 0 Å². The first-order chi connectivity index (χ1) is 8.33. The van der Waals surface area contributed by atoms with Crippen molar-refractivity contribution in [2.24, 2.45) is 0 Å². The molecule has 1 N–H and O–H groups in total. The van der Waals surface area contributed by atoms with E-state index in [1.165, 1.54) is 17.5 Å². The lowest BCUT2D eigenvalue weighted by Crippen LogP contribution is -2.04. The molecule has 0 aliphatic rings. The molecule has 0 fully saturated rings. The van der Waals surface area contributed by atoms with Crippen LogP contribution >= 0.6 is 11.3 Å². The minimum Gasteiger partial charge on any atom is -0.314 e. The van der Waals surface area contributed by atoms with Crippen molar-refractivity contribution in [3.8, 4) is 10.6 Å². The van der Waals surface area contributed by atoms with Gasteiger partial charge in [-0.2, -0.15) is 0 Å². The summed E-state index contributed by atoms with van der Waals surface area (Å²) in [5.41, 5.74) is 3.74. The number of thiazole rings is 1. The summed E-state index contributed by atoms with van der Waals surface area (Å²) < 4.78 is 0. The van der Waals surface area contributed by atoms with Crippen molar-refractivity contribution in [3.05, 3.63) is 40.9 Å². The molecule has 90 valence electrons. The standard InChI is InChI=1S/C14H18N2S/c1-3-4-11-5-7-12(8-6-11)14-16-13(9-15-2)10-17-14/h5-8,10,15H,3-4,9H2,1-2H3. The summed E-state index contributed by atoms with van der Waals surface area (Å²) in [7, 11) is 1.94. The summed E-state index contributed by atoms with van der Waals surface area (Å²) in [6.07, 6.45) is 2.35. The molecule has 2 nitrogen and oxygen atoms in total. The van der Waals surface area contributed by atoms with Crippen LogP contribution < -0.4 is 5.32 Å². The zero-order valence-electron chi connectivity index (χ0n) is 10.4. The molecule has 0 radical (unpaired) electrons. The number of nitrogens with one attached hydrogen (secondary N) is 1. The SMILES string of the molecule is CCCc1ccc(-c2nc(CNC)cs2)cc1. The first-order valence-corrected chi connectivity index (χ1v) is 6.89. The summed E-state index contributed by atoms with van der Waals surface area (Å²) in [6.45, 7) is 3.04. The molecule has 0 unspecified atom stereocenters. The maximum absolute atomic E-state index is 4.60. The Bertz CT molecular complexity index is 459. The third kappa shape index (κ3) is 3.14.